The van der Waals surface area contributed by atoms with Gasteiger partial charge in [-0.1, -0.05) is 0 Å². The summed E-state index contributed by atoms with van der Waals surface area (Å²) in [7, 11) is 1.94. The molecule has 0 fully saturated rings. The van der Waals surface area contributed by atoms with Crippen LogP contribution in [-0.2, 0) is 13.1 Å². The Morgan fingerprint density at radius 2 is 2.42 bits per heavy atom. The van der Waals surface area contributed by atoms with Crippen molar-refractivity contribution < 1.29 is 5.11 Å². The average molecular weight is 168 g/mol. The molecule has 68 valence electrons. The summed E-state index contributed by atoms with van der Waals surface area (Å²) in [5.74, 6) is 0. The minimum Gasteiger partial charge on any atom is -0.396 e. The van der Waals surface area contributed by atoms with Crippen molar-refractivity contribution in [1.29, 1.82) is 0 Å². The van der Waals surface area contributed by atoms with E-state index in [-0.39, 0.29) is 6.61 Å². The van der Waals surface area contributed by atoms with Crippen LogP contribution in [-0.4, -0.2) is 23.3 Å². The molecule has 0 aliphatic rings. The van der Waals surface area contributed by atoms with E-state index in [0.29, 0.717) is 0 Å². The number of aliphatic hydroxyl groups is 1. The van der Waals surface area contributed by atoms with E-state index in [0.717, 1.165) is 19.5 Å². The topological polar surface area (TPSA) is 37.2 Å². The third kappa shape index (κ3) is 2.68. The summed E-state index contributed by atoms with van der Waals surface area (Å²) in [6.45, 7) is 2.08. The Balaban J connectivity index is 2.41. The van der Waals surface area contributed by atoms with Crippen LogP contribution in [0.15, 0.2) is 18.5 Å². The summed E-state index contributed by atoms with van der Waals surface area (Å²) >= 11 is 0. The molecule has 0 atom stereocenters. The molecule has 1 heterocycles. The first-order chi connectivity index (χ1) is 5.86. The Hall–Kier alpha value is -0.800. The summed E-state index contributed by atoms with van der Waals surface area (Å²) < 4.78 is 2.10. The van der Waals surface area contributed by atoms with Crippen molar-refractivity contribution in [2.45, 2.75) is 19.5 Å². The Bertz CT molecular complexity index is 220. The van der Waals surface area contributed by atoms with Crippen LogP contribution >= 0.6 is 0 Å². The van der Waals surface area contributed by atoms with Crippen LogP contribution in [0.1, 0.15) is 12.0 Å². The largest absolute Gasteiger partial charge is 0.396 e. The van der Waals surface area contributed by atoms with E-state index in [9.17, 15) is 0 Å². The lowest BCUT2D eigenvalue weighted by Crippen LogP contribution is -2.04. The van der Waals surface area contributed by atoms with Crippen molar-refractivity contribution >= 4 is 0 Å². The minimum atomic E-state index is 0.263. The van der Waals surface area contributed by atoms with Gasteiger partial charge in [-0.15, -0.1) is 0 Å². The molecule has 12 heavy (non-hydrogen) atoms. The van der Waals surface area contributed by atoms with Gasteiger partial charge in [0, 0.05) is 32.1 Å². The maximum Gasteiger partial charge on any atom is 0.0448 e. The molecular formula is C9H16N2O. The van der Waals surface area contributed by atoms with Gasteiger partial charge in [0.15, 0.2) is 0 Å². The number of aryl methyl sites for hydroxylation is 1. The minimum absolute atomic E-state index is 0.263. The van der Waals surface area contributed by atoms with Crippen LogP contribution < -0.4 is 5.32 Å². The Kier molecular flexibility index (Phi) is 3.84. The molecule has 3 heteroatoms. The molecule has 0 aliphatic carbocycles. The quantitative estimate of drug-likeness (QED) is 0.675. The maximum absolute atomic E-state index is 8.61. The number of hydrogen-bond donors (Lipinski definition) is 2. The fourth-order valence-electron chi connectivity index (χ4n) is 1.19. The molecule has 0 radical (unpaired) electrons. The zero-order chi connectivity index (χ0) is 8.81. The molecule has 1 aromatic heterocycles. The Morgan fingerprint density at radius 3 is 3.08 bits per heavy atom. The van der Waals surface area contributed by atoms with Crippen molar-refractivity contribution in [3.63, 3.8) is 0 Å². The zero-order valence-corrected chi connectivity index (χ0v) is 7.45. The van der Waals surface area contributed by atoms with Gasteiger partial charge in [-0.3, -0.25) is 0 Å². The predicted octanol–water partition coefficient (Wildman–Crippen LogP) is 0.590. The van der Waals surface area contributed by atoms with Gasteiger partial charge in [0.2, 0.25) is 0 Å². The summed E-state index contributed by atoms with van der Waals surface area (Å²) in [6, 6.07) is 2.09. The Labute approximate surface area is 73.0 Å². The van der Waals surface area contributed by atoms with Gasteiger partial charge in [-0.05, 0) is 25.1 Å². The van der Waals surface area contributed by atoms with E-state index < -0.39 is 0 Å². The lowest BCUT2D eigenvalue weighted by atomic mass is 10.3. The second-order valence-corrected chi connectivity index (χ2v) is 2.87. The van der Waals surface area contributed by atoms with Crippen LogP contribution in [0, 0.1) is 0 Å². The molecule has 0 saturated heterocycles. The maximum atomic E-state index is 8.61. The smallest absolute Gasteiger partial charge is 0.0448 e. The molecule has 1 aromatic rings. The monoisotopic (exact) mass is 168 g/mol. The second kappa shape index (κ2) is 4.95. The summed E-state index contributed by atoms with van der Waals surface area (Å²) in [4.78, 5) is 0. The van der Waals surface area contributed by atoms with Gasteiger partial charge in [0.05, 0.1) is 0 Å². The van der Waals surface area contributed by atoms with Gasteiger partial charge < -0.3 is 15.0 Å². The van der Waals surface area contributed by atoms with E-state index in [1.54, 1.807) is 0 Å². The molecule has 0 spiro atoms. The highest BCUT2D eigenvalue weighted by molar-refractivity contribution is 5.09. The van der Waals surface area contributed by atoms with Gasteiger partial charge in [-0.2, -0.15) is 0 Å². The fraction of sp³-hybridized carbons (Fsp3) is 0.556. The van der Waals surface area contributed by atoms with E-state index >= 15 is 0 Å². The van der Waals surface area contributed by atoms with E-state index in [1.807, 2.05) is 13.2 Å². The molecule has 1 rings (SSSR count). The third-order valence-electron chi connectivity index (χ3n) is 1.77. The van der Waals surface area contributed by atoms with Crippen LogP contribution in [0.25, 0.3) is 0 Å². The first-order valence-corrected chi connectivity index (χ1v) is 4.27. The molecular weight excluding hydrogens is 152 g/mol. The van der Waals surface area contributed by atoms with Crippen molar-refractivity contribution in [3.05, 3.63) is 24.0 Å². The number of rotatable bonds is 5. The molecule has 0 bridgehead atoms. The first-order valence-electron chi connectivity index (χ1n) is 4.27. The Morgan fingerprint density at radius 1 is 1.58 bits per heavy atom. The standard InChI is InChI=1S/C9H16N2O/c1-10-7-9-3-5-11(8-9)4-2-6-12/h3,5,8,10,12H,2,4,6-7H2,1H3. The second-order valence-electron chi connectivity index (χ2n) is 2.87. The summed E-state index contributed by atoms with van der Waals surface area (Å²) in [5.41, 5.74) is 1.29. The van der Waals surface area contributed by atoms with Crippen LogP contribution in [0.5, 0.6) is 0 Å². The molecule has 2 N–H and O–H groups in total. The van der Waals surface area contributed by atoms with Gasteiger partial charge in [0.1, 0.15) is 0 Å². The van der Waals surface area contributed by atoms with Gasteiger partial charge in [-0.25, -0.2) is 0 Å². The summed E-state index contributed by atoms with van der Waals surface area (Å²) in [5, 5.41) is 11.7. The average Bonchev–Trinajstić information content (AvgIpc) is 2.50. The van der Waals surface area contributed by atoms with Crippen LogP contribution in [0.4, 0.5) is 0 Å². The van der Waals surface area contributed by atoms with E-state index in [2.05, 4.69) is 22.1 Å². The van der Waals surface area contributed by atoms with Gasteiger partial charge in [0.25, 0.3) is 0 Å². The molecule has 0 aliphatic heterocycles. The molecule has 0 aromatic carbocycles. The normalized spacial score (nSPS) is 10.5. The van der Waals surface area contributed by atoms with E-state index in [1.165, 1.54) is 5.56 Å². The predicted molar refractivity (Wildman–Crippen MR) is 48.9 cm³/mol. The van der Waals surface area contributed by atoms with Crippen molar-refractivity contribution in [2.75, 3.05) is 13.7 Å². The number of aromatic nitrogens is 1. The van der Waals surface area contributed by atoms with Crippen LogP contribution in [0.2, 0.25) is 0 Å². The van der Waals surface area contributed by atoms with Crippen LogP contribution in [0.3, 0.4) is 0 Å². The highest BCUT2D eigenvalue weighted by Gasteiger charge is 1.94. The SMILES string of the molecule is CNCc1ccn(CCCO)c1. The molecule has 0 amide bonds. The fourth-order valence-corrected chi connectivity index (χ4v) is 1.19. The number of nitrogens with one attached hydrogen (secondary N) is 1. The third-order valence-corrected chi connectivity index (χ3v) is 1.77. The number of nitrogens with zero attached hydrogens (tertiary/aromatic N) is 1. The highest BCUT2D eigenvalue weighted by Crippen LogP contribution is 2.01. The number of hydrogen-bond acceptors (Lipinski definition) is 2. The molecule has 0 saturated carbocycles. The van der Waals surface area contributed by atoms with Crippen molar-refractivity contribution in [2.24, 2.45) is 0 Å². The van der Waals surface area contributed by atoms with Crippen molar-refractivity contribution in [1.82, 2.24) is 9.88 Å². The summed E-state index contributed by atoms with van der Waals surface area (Å²) in [6.07, 6.45) is 4.97. The number of aliphatic hydroxyl groups excluding tert-OH is 1. The lowest BCUT2D eigenvalue weighted by Gasteiger charge is -1.99. The first kappa shape index (κ1) is 9.29. The molecule has 0 unspecified atom stereocenters. The lowest BCUT2D eigenvalue weighted by molar-refractivity contribution is 0.280. The highest BCUT2D eigenvalue weighted by atomic mass is 16.3. The van der Waals surface area contributed by atoms with E-state index in [4.69, 9.17) is 5.11 Å². The van der Waals surface area contributed by atoms with Gasteiger partial charge >= 0.3 is 0 Å². The molecule has 3 nitrogen and oxygen atoms in total. The van der Waals surface area contributed by atoms with Crippen molar-refractivity contribution in [3.8, 4) is 0 Å². The zero-order valence-electron chi connectivity index (χ0n) is 7.45.